The molecule has 1 aliphatic rings. The van der Waals surface area contributed by atoms with Crippen LogP contribution in [0.5, 0.6) is 0 Å². The van der Waals surface area contributed by atoms with Gasteiger partial charge in [-0.15, -0.1) is 0 Å². The number of nitrogens with zero attached hydrogens (tertiary/aromatic N) is 2. The molecular formula is C23H32N4O3. The third-order valence-corrected chi connectivity index (χ3v) is 5.37. The number of amides is 2. The fourth-order valence-electron chi connectivity index (χ4n) is 3.53. The molecule has 1 aromatic heterocycles. The predicted molar refractivity (Wildman–Crippen MR) is 119 cm³/mol. The summed E-state index contributed by atoms with van der Waals surface area (Å²) in [7, 11) is 3.68. The van der Waals surface area contributed by atoms with E-state index in [0.717, 1.165) is 36.9 Å². The van der Waals surface area contributed by atoms with Crippen molar-refractivity contribution < 1.29 is 14.0 Å². The number of benzene rings is 1. The maximum absolute atomic E-state index is 12.6. The molecule has 0 bridgehead atoms. The highest BCUT2D eigenvalue weighted by atomic mass is 16.4. The third kappa shape index (κ3) is 6.18. The van der Waals surface area contributed by atoms with Crippen LogP contribution in [0.25, 0.3) is 0 Å². The van der Waals surface area contributed by atoms with Gasteiger partial charge >= 0.3 is 0 Å². The lowest BCUT2D eigenvalue weighted by Crippen LogP contribution is -2.32. The number of furan rings is 1. The van der Waals surface area contributed by atoms with Crippen LogP contribution in [0.4, 0.5) is 11.4 Å². The van der Waals surface area contributed by atoms with Crippen LogP contribution in [0.1, 0.15) is 41.6 Å². The molecule has 2 amide bonds. The van der Waals surface area contributed by atoms with Crippen LogP contribution < -0.4 is 10.6 Å². The fourth-order valence-corrected chi connectivity index (χ4v) is 3.53. The minimum atomic E-state index is -0.303. The number of anilines is 2. The molecule has 1 saturated heterocycles. The average molecular weight is 413 g/mol. The second kappa shape index (κ2) is 9.91. The number of nitrogens with one attached hydrogen (secondary N) is 2. The zero-order valence-electron chi connectivity index (χ0n) is 18.3. The van der Waals surface area contributed by atoms with E-state index < -0.39 is 0 Å². The Morgan fingerprint density at radius 1 is 1.13 bits per heavy atom. The van der Waals surface area contributed by atoms with Gasteiger partial charge in [-0.2, -0.15) is 0 Å². The van der Waals surface area contributed by atoms with Gasteiger partial charge in [0.1, 0.15) is 5.76 Å². The molecule has 0 spiro atoms. The van der Waals surface area contributed by atoms with Crippen molar-refractivity contribution in [2.45, 2.75) is 33.2 Å². The van der Waals surface area contributed by atoms with Crippen LogP contribution in [0.15, 0.2) is 34.7 Å². The molecule has 2 aromatic rings. The lowest BCUT2D eigenvalue weighted by molar-refractivity contribution is -0.116. The Hall–Kier alpha value is -2.64. The van der Waals surface area contributed by atoms with Crippen molar-refractivity contribution in [3.05, 3.63) is 47.4 Å². The maximum Gasteiger partial charge on any atom is 0.291 e. The summed E-state index contributed by atoms with van der Waals surface area (Å²) in [4.78, 5) is 28.8. The van der Waals surface area contributed by atoms with Crippen LogP contribution in [0.2, 0.25) is 0 Å². The van der Waals surface area contributed by atoms with E-state index in [-0.39, 0.29) is 17.6 Å². The minimum absolute atomic E-state index is 0.102. The number of carbonyl (C=O) groups excluding carboxylic acids is 2. The van der Waals surface area contributed by atoms with Crippen molar-refractivity contribution in [2.75, 3.05) is 44.4 Å². The molecule has 1 fully saturated rings. The number of piperidine rings is 1. The fraction of sp³-hybridized carbons (Fsp3) is 0.478. The maximum atomic E-state index is 12.6. The zero-order valence-corrected chi connectivity index (χ0v) is 18.3. The van der Waals surface area contributed by atoms with E-state index in [2.05, 4.69) is 22.5 Å². The van der Waals surface area contributed by atoms with Gasteiger partial charge in [0, 0.05) is 11.4 Å². The van der Waals surface area contributed by atoms with Crippen molar-refractivity contribution in [3.8, 4) is 0 Å². The monoisotopic (exact) mass is 412 g/mol. The number of likely N-dealkylation sites (N-methyl/N-ethyl adjacent to an activating group) is 1. The van der Waals surface area contributed by atoms with E-state index in [4.69, 9.17) is 4.42 Å². The largest absolute Gasteiger partial charge is 0.455 e. The first-order valence-corrected chi connectivity index (χ1v) is 10.5. The van der Waals surface area contributed by atoms with Crippen molar-refractivity contribution in [3.63, 3.8) is 0 Å². The Morgan fingerprint density at radius 3 is 2.57 bits per heavy atom. The summed E-state index contributed by atoms with van der Waals surface area (Å²) in [5, 5.41) is 5.74. The smallest absolute Gasteiger partial charge is 0.291 e. The number of hydrogen-bond donors (Lipinski definition) is 2. The molecule has 30 heavy (non-hydrogen) atoms. The van der Waals surface area contributed by atoms with Gasteiger partial charge in [-0.25, -0.2) is 0 Å². The van der Waals surface area contributed by atoms with Gasteiger partial charge in [0.2, 0.25) is 5.91 Å². The van der Waals surface area contributed by atoms with Crippen LogP contribution in [-0.4, -0.2) is 55.3 Å². The molecule has 0 unspecified atom stereocenters. The summed E-state index contributed by atoms with van der Waals surface area (Å²) in [6, 6.07) is 9.03. The van der Waals surface area contributed by atoms with E-state index in [9.17, 15) is 9.59 Å². The molecular weight excluding hydrogens is 380 g/mol. The summed E-state index contributed by atoms with van der Waals surface area (Å²) in [6.07, 6.45) is 2.41. The van der Waals surface area contributed by atoms with Gasteiger partial charge in [0.15, 0.2) is 5.76 Å². The van der Waals surface area contributed by atoms with Crippen molar-refractivity contribution in [1.82, 2.24) is 9.80 Å². The SMILES string of the molecule is Cc1ccc(NC(=O)c2ccc(CN3CCC(C)CC3)o2)cc1NC(=O)CN(C)C. The minimum Gasteiger partial charge on any atom is -0.455 e. The standard InChI is InChI=1S/C23H32N4O3/c1-16-9-11-27(12-10-16)14-19-7-8-21(30-19)23(29)24-18-6-5-17(2)20(13-18)25-22(28)15-26(3)4/h5-8,13,16H,9-12,14-15H2,1-4H3,(H,24,29)(H,25,28). The average Bonchev–Trinajstić information content (AvgIpc) is 3.14. The topological polar surface area (TPSA) is 77.8 Å². The molecule has 1 aromatic carbocycles. The first-order valence-electron chi connectivity index (χ1n) is 10.5. The van der Waals surface area contributed by atoms with Gasteiger partial charge < -0.3 is 20.0 Å². The summed E-state index contributed by atoms with van der Waals surface area (Å²) >= 11 is 0. The Kier molecular flexibility index (Phi) is 7.29. The van der Waals surface area contributed by atoms with E-state index in [1.54, 1.807) is 17.0 Å². The van der Waals surface area contributed by atoms with Crippen molar-refractivity contribution >= 4 is 23.2 Å². The van der Waals surface area contributed by atoms with Crippen LogP contribution >= 0.6 is 0 Å². The zero-order chi connectivity index (χ0) is 21.7. The predicted octanol–water partition coefficient (Wildman–Crippen LogP) is 3.57. The molecule has 3 rings (SSSR count). The Morgan fingerprint density at radius 2 is 1.87 bits per heavy atom. The molecule has 0 radical (unpaired) electrons. The van der Waals surface area contributed by atoms with Gasteiger partial charge in [-0.1, -0.05) is 13.0 Å². The van der Waals surface area contributed by atoms with Crippen molar-refractivity contribution in [1.29, 1.82) is 0 Å². The van der Waals surface area contributed by atoms with E-state index >= 15 is 0 Å². The highest BCUT2D eigenvalue weighted by Crippen LogP contribution is 2.22. The molecule has 2 N–H and O–H groups in total. The second-order valence-corrected chi connectivity index (χ2v) is 8.49. The molecule has 1 aliphatic heterocycles. The molecule has 2 heterocycles. The molecule has 162 valence electrons. The summed E-state index contributed by atoms with van der Waals surface area (Å²) in [5.74, 6) is 1.47. The van der Waals surface area contributed by atoms with Crippen LogP contribution in [0, 0.1) is 12.8 Å². The first-order chi connectivity index (χ1) is 14.3. The molecule has 0 aliphatic carbocycles. The Bertz CT molecular complexity index is 882. The number of hydrogen-bond acceptors (Lipinski definition) is 5. The van der Waals surface area contributed by atoms with Gasteiger partial charge in [-0.3, -0.25) is 14.5 Å². The normalized spacial score (nSPS) is 15.4. The summed E-state index contributed by atoms with van der Waals surface area (Å²) in [6.45, 7) is 7.35. The number of likely N-dealkylation sites (tertiary alicyclic amines) is 1. The summed E-state index contributed by atoms with van der Waals surface area (Å²) < 4.78 is 5.78. The lowest BCUT2D eigenvalue weighted by atomic mass is 9.99. The lowest BCUT2D eigenvalue weighted by Gasteiger charge is -2.29. The van der Waals surface area contributed by atoms with Crippen LogP contribution in [0.3, 0.4) is 0 Å². The Labute approximate surface area is 178 Å². The molecule has 7 heteroatoms. The second-order valence-electron chi connectivity index (χ2n) is 8.49. The molecule has 0 saturated carbocycles. The van der Waals surface area contributed by atoms with E-state index in [0.29, 0.717) is 17.9 Å². The van der Waals surface area contributed by atoms with Gasteiger partial charge in [-0.05, 0) is 82.7 Å². The van der Waals surface area contributed by atoms with Crippen molar-refractivity contribution in [2.24, 2.45) is 5.92 Å². The molecule has 0 atom stereocenters. The highest BCUT2D eigenvalue weighted by Gasteiger charge is 2.18. The van der Waals surface area contributed by atoms with E-state index in [1.807, 2.05) is 39.2 Å². The number of carbonyl (C=O) groups is 2. The first kappa shape index (κ1) is 22.1. The van der Waals surface area contributed by atoms with Gasteiger partial charge in [0.25, 0.3) is 5.91 Å². The summed E-state index contributed by atoms with van der Waals surface area (Å²) in [5.41, 5.74) is 2.21. The van der Waals surface area contributed by atoms with Gasteiger partial charge in [0.05, 0.1) is 13.1 Å². The van der Waals surface area contributed by atoms with Crippen LogP contribution in [-0.2, 0) is 11.3 Å². The number of aryl methyl sites for hydroxylation is 1. The highest BCUT2D eigenvalue weighted by molar-refractivity contribution is 6.03. The molecule has 7 nitrogen and oxygen atoms in total. The van der Waals surface area contributed by atoms with E-state index in [1.165, 1.54) is 12.8 Å². The number of rotatable bonds is 7. The third-order valence-electron chi connectivity index (χ3n) is 5.37. The quantitative estimate of drug-likeness (QED) is 0.727. The Balaban J connectivity index is 1.60.